The van der Waals surface area contributed by atoms with Crippen LogP contribution in [-0.2, 0) is 0 Å². The Morgan fingerprint density at radius 2 is 1.23 bits per heavy atom. The van der Waals surface area contributed by atoms with Gasteiger partial charge in [0.2, 0.25) is 0 Å². The lowest BCUT2D eigenvalue weighted by Gasteiger charge is -2.19. The van der Waals surface area contributed by atoms with E-state index in [0.717, 1.165) is 19.3 Å². The Labute approximate surface area is 178 Å². The monoisotopic (exact) mass is 420 g/mol. The molecule has 0 radical (unpaired) electrons. The second kappa shape index (κ2) is 8.68. The van der Waals surface area contributed by atoms with Gasteiger partial charge in [0.15, 0.2) is 0 Å². The molecule has 6 heteroatoms. The van der Waals surface area contributed by atoms with Gasteiger partial charge in [0, 0.05) is 5.92 Å². The van der Waals surface area contributed by atoms with Crippen LogP contribution in [0.4, 0.5) is 0 Å². The highest BCUT2D eigenvalue weighted by Crippen LogP contribution is 2.40. The third kappa shape index (κ3) is 3.81. The molecule has 2 N–H and O–H groups in total. The molecule has 4 rings (SSSR count). The molecule has 0 saturated carbocycles. The summed E-state index contributed by atoms with van der Waals surface area (Å²) in [5.74, 6) is -1.34. The molecule has 0 aliphatic carbocycles. The fourth-order valence-electron chi connectivity index (χ4n) is 4.12. The van der Waals surface area contributed by atoms with E-state index < -0.39 is 17.2 Å². The number of hydrogen-bond acceptors (Lipinski definition) is 6. The average Bonchev–Trinajstić information content (AvgIpc) is 2.76. The van der Waals surface area contributed by atoms with E-state index in [0.29, 0.717) is 23.6 Å². The molecule has 0 saturated heterocycles. The van der Waals surface area contributed by atoms with Gasteiger partial charge in [0.1, 0.15) is 22.7 Å². The SMILES string of the molecule is CCCCCCC(c1c(O)c2ccccc2oc1=O)c1c(O)c2ccccc2oc1=O. The van der Waals surface area contributed by atoms with Crippen molar-refractivity contribution in [2.45, 2.75) is 44.9 Å². The van der Waals surface area contributed by atoms with Crippen molar-refractivity contribution in [3.63, 3.8) is 0 Å². The minimum absolute atomic E-state index is 0.0342. The van der Waals surface area contributed by atoms with E-state index in [4.69, 9.17) is 8.83 Å². The second-order valence-electron chi connectivity index (χ2n) is 7.70. The van der Waals surface area contributed by atoms with Gasteiger partial charge in [-0.2, -0.15) is 0 Å². The van der Waals surface area contributed by atoms with Crippen molar-refractivity contribution in [1.29, 1.82) is 0 Å². The van der Waals surface area contributed by atoms with Crippen LogP contribution in [0.5, 0.6) is 11.5 Å². The first-order chi connectivity index (χ1) is 15.0. The number of aromatic hydroxyl groups is 2. The second-order valence-corrected chi connectivity index (χ2v) is 7.70. The predicted molar refractivity (Wildman–Crippen MR) is 119 cm³/mol. The predicted octanol–water partition coefficient (Wildman–Crippen LogP) is 5.41. The number of benzene rings is 2. The third-order valence-corrected chi connectivity index (χ3v) is 5.68. The van der Waals surface area contributed by atoms with Crippen molar-refractivity contribution in [3.05, 3.63) is 80.5 Å². The fourth-order valence-corrected chi connectivity index (χ4v) is 4.12. The summed E-state index contributed by atoms with van der Waals surface area (Å²) < 4.78 is 10.9. The molecule has 2 aromatic carbocycles. The van der Waals surface area contributed by atoms with Crippen LogP contribution in [0.3, 0.4) is 0 Å². The van der Waals surface area contributed by atoms with Gasteiger partial charge in [-0.3, -0.25) is 0 Å². The van der Waals surface area contributed by atoms with Crippen molar-refractivity contribution in [1.82, 2.24) is 0 Å². The molecule has 0 fully saturated rings. The third-order valence-electron chi connectivity index (χ3n) is 5.68. The quantitative estimate of drug-likeness (QED) is 0.306. The Balaban J connectivity index is 1.95. The molecular formula is C25H24O6. The molecule has 0 bridgehead atoms. The zero-order valence-corrected chi connectivity index (χ0v) is 17.3. The summed E-state index contributed by atoms with van der Waals surface area (Å²) in [5, 5.41) is 22.7. The van der Waals surface area contributed by atoms with Crippen LogP contribution in [0.1, 0.15) is 56.1 Å². The molecule has 31 heavy (non-hydrogen) atoms. The van der Waals surface area contributed by atoms with Crippen LogP contribution in [0.15, 0.2) is 67.0 Å². The maximum Gasteiger partial charge on any atom is 0.343 e. The molecule has 0 aliphatic rings. The van der Waals surface area contributed by atoms with Gasteiger partial charge in [-0.1, -0.05) is 56.9 Å². The summed E-state index contributed by atoms with van der Waals surface area (Å²) in [6, 6.07) is 13.3. The standard InChI is InChI=1S/C25H24O6/c1-2-3-4-5-12-17(20-22(26)15-10-6-8-13-18(15)30-24(20)28)21-23(27)16-11-7-9-14-19(16)31-25(21)29/h6-11,13-14,17,26-27H,2-5,12H2,1H3. The lowest BCUT2D eigenvalue weighted by molar-refractivity contribution is 0.426. The summed E-state index contributed by atoms with van der Waals surface area (Å²) in [4.78, 5) is 25.8. The number of hydrogen-bond donors (Lipinski definition) is 2. The van der Waals surface area contributed by atoms with Crippen LogP contribution >= 0.6 is 0 Å². The zero-order valence-electron chi connectivity index (χ0n) is 17.3. The van der Waals surface area contributed by atoms with E-state index in [-0.39, 0.29) is 33.8 Å². The fraction of sp³-hybridized carbons (Fsp3) is 0.280. The van der Waals surface area contributed by atoms with Crippen LogP contribution in [0, 0.1) is 0 Å². The highest BCUT2D eigenvalue weighted by molar-refractivity contribution is 5.86. The molecule has 4 aromatic rings. The van der Waals surface area contributed by atoms with E-state index in [2.05, 4.69) is 6.92 Å². The Hall–Kier alpha value is -3.54. The molecule has 0 amide bonds. The number of fused-ring (bicyclic) bond motifs is 2. The molecule has 2 heterocycles. The van der Waals surface area contributed by atoms with Gasteiger partial charge in [-0.15, -0.1) is 0 Å². The minimum atomic E-state index is -0.862. The molecule has 0 unspecified atom stereocenters. The lowest BCUT2D eigenvalue weighted by Crippen LogP contribution is -2.20. The van der Waals surface area contributed by atoms with Crippen molar-refractivity contribution < 1.29 is 19.0 Å². The Bertz CT molecular complexity index is 1250. The summed E-state index contributed by atoms with van der Waals surface area (Å²) in [6.45, 7) is 2.09. The summed E-state index contributed by atoms with van der Waals surface area (Å²) in [5.41, 5.74) is -1.02. The van der Waals surface area contributed by atoms with E-state index in [9.17, 15) is 19.8 Å². The minimum Gasteiger partial charge on any atom is -0.507 e. The van der Waals surface area contributed by atoms with Crippen LogP contribution in [0.25, 0.3) is 21.9 Å². The first kappa shape index (κ1) is 20.7. The van der Waals surface area contributed by atoms with Crippen molar-refractivity contribution >= 4 is 21.9 Å². The summed E-state index contributed by atoms with van der Waals surface area (Å²) in [7, 11) is 0. The highest BCUT2D eigenvalue weighted by Gasteiger charge is 2.30. The van der Waals surface area contributed by atoms with Crippen LogP contribution in [0.2, 0.25) is 0 Å². The molecule has 0 aliphatic heterocycles. The summed E-state index contributed by atoms with van der Waals surface area (Å²) >= 11 is 0. The van der Waals surface area contributed by atoms with E-state index >= 15 is 0 Å². The zero-order chi connectivity index (χ0) is 22.0. The number of rotatable bonds is 7. The largest absolute Gasteiger partial charge is 0.507 e. The van der Waals surface area contributed by atoms with Crippen LogP contribution < -0.4 is 11.3 Å². The molecular weight excluding hydrogens is 396 g/mol. The summed E-state index contributed by atoms with van der Waals surface area (Å²) in [6.07, 6.45) is 4.01. The number of para-hydroxylation sites is 2. The van der Waals surface area contributed by atoms with Gasteiger partial charge in [0.25, 0.3) is 0 Å². The van der Waals surface area contributed by atoms with Gasteiger partial charge in [0.05, 0.1) is 21.9 Å². The van der Waals surface area contributed by atoms with Crippen LogP contribution in [-0.4, -0.2) is 10.2 Å². The van der Waals surface area contributed by atoms with Gasteiger partial charge < -0.3 is 19.0 Å². The normalized spacial score (nSPS) is 11.5. The van der Waals surface area contributed by atoms with Crippen molar-refractivity contribution in [3.8, 4) is 11.5 Å². The van der Waals surface area contributed by atoms with Crippen molar-refractivity contribution in [2.24, 2.45) is 0 Å². The highest BCUT2D eigenvalue weighted by atomic mass is 16.4. The molecule has 160 valence electrons. The van der Waals surface area contributed by atoms with E-state index in [1.54, 1.807) is 48.5 Å². The Kier molecular flexibility index (Phi) is 5.80. The molecule has 0 atom stereocenters. The topological polar surface area (TPSA) is 101 Å². The average molecular weight is 420 g/mol. The van der Waals surface area contributed by atoms with Gasteiger partial charge >= 0.3 is 11.3 Å². The smallest absolute Gasteiger partial charge is 0.343 e. The first-order valence-electron chi connectivity index (χ1n) is 10.5. The van der Waals surface area contributed by atoms with Gasteiger partial charge in [-0.05, 0) is 30.7 Å². The Morgan fingerprint density at radius 1 is 0.742 bits per heavy atom. The maximum absolute atomic E-state index is 12.9. The number of unbranched alkanes of at least 4 members (excludes halogenated alkanes) is 3. The van der Waals surface area contributed by atoms with Crippen molar-refractivity contribution in [2.75, 3.05) is 0 Å². The molecule has 6 nitrogen and oxygen atoms in total. The molecule has 0 spiro atoms. The maximum atomic E-state index is 12.9. The van der Waals surface area contributed by atoms with E-state index in [1.165, 1.54) is 0 Å². The van der Waals surface area contributed by atoms with Gasteiger partial charge in [-0.25, -0.2) is 9.59 Å². The molecule has 2 aromatic heterocycles. The first-order valence-corrected chi connectivity index (χ1v) is 10.5. The Morgan fingerprint density at radius 3 is 1.71 bits per heavy atom. The lowest BCUT2D eigenvalue weighted by atomic mass is 9.86. The van der Waals surface area contributed by atoms with E-state index in [1.807, 2.05) is 0 Å².